The van der Waals surface area contributed by atoms with Crippen LogP contribution in [0.5, 0.6) is 5.75 Å². The number of nitrogens with one attached hydrogen (secondary N) is 1. The summed E-state index contributed by atoms with van der Waals surface area (Å²) in [4.78, 5) is 52.4. The fourth-order valence-electron chi connectivity index (χ4n) is 6.30. The molecule has 4 aliphatic rings. The number of phenolic OH excluding ortho intramolecular Hbond substituents is 1. The van der Waals surface area contributed by atoms with E-state index < -0.39 is 52.0 Å². The largest absolute Gasteiger partial charge is 0.508 e. The third-order valence-corrected chi connectivity index (χ3v) is 8.34. The summed E-state index contributed by atoms with van der Waals surface area (Å²) in [6.45, 7) is 3.71. The summed E-state index contributed by atoms with van der Waals surface area (Å²) in [7, 11) is 0. The molecule has 3 atom stereocenters. The second kappa shape index (κ2) is 9.69. The van der Waals surface area contributed by atoms with Gasteiger partial charge in [0, 0.05) is 37.5 Å². The number of phenols is 1. The minimum atomic E-state index is -2.61. The Morgan fingerprint density at radius 2 is 1.85 bits per heavy atom. The summed E-state index contributed by atoms with van der Waals surface area (Å²) < 4.78 is 5.29. The van der Waals surface area contributed by atoms with E-state index in [0.29, 0.717) is 49.4 Å². The van der Waals surface area contributed by atoms with Gasteiger partial charge < -0.3 is 41.1 Å². The first-order valence-corrected chi connectivity index (χ1v) is 12.9. The maximum atomic E-state index is 13.7. The van der Waals surface area contributed by atoms with Crippen molar-refractivity contribution in [1.82, 2.24) is 10.2 Å². The van der Waals surface area contributed by atoms with Crippen LogP contribution in [0.15, 0.2) is 23.0 Å². The monoisotopic (exact) mass is 541 g/mol. The van der Waals surface area contributed by atoms with Gasteiger partial charge in [0.1, 0.15) is 22.8 Å². The SMILES string of the molecule is CCc1cc(CNC(=O)N2CCOCC2)c2c(c1O)C(O)=C1C(=O)[C@]3(O)C(O)=C(C(N)=O)C(=O)C[C@@H]3C[C@@H]1C2. The lowest BCUT2D eigenvalue weighted by Crippen LogP contribution is -2.58. The number of benzene rings is 1. The number of aliphatic hydroxyl groups is 3. The van der Waals surface area contributed by atoms with Crippen LogP contribution in [-0.4, -0.2) is 80.7 Å². The number of urea groups is 1. The molecule has 1 saturated carbocycles. The molecule has 208 valence electrons. The van der Waals surface area contributed by atoms with Gasteiger partial charge in [0.15, 0.2) is 11.4 Å². The van der Waals surface area contributed by atoms with Gasteiger partial charge in [-0.2, -0.15) is 0 Å². The number of nitrogens with two attached hydrogens (primary N) is 1. The van der Waals surface area contributed by atoms with Crippen LogP contribution in [0.2, 0.25) is 0 Å². The molecular formula is C27H31N3O9. The first-order chi connectivity index (χ1) is 18.5. The number of Topliss-reactive ketones (excluding diaryl/α,β-unsaturated/α-hetero) is 2. The molecular weight excluding hydrogens is 510 g/mol. The number of hydrogen-bond donors (Lipinski definition) is 6. The summed E-state index contributed by atoms with van der Waals surface area (Å²) in [6, 6.07) is 1.48. The highest BCUT2D eigenvalue weighted by atomic mass is 16.5. The molecule has 1 aromatic carbocycles. The number of carbonyl (C=O) groups is 4. The fraction of sp³-hybridized carbons (Fsp3) is 0.481. The highest BCUT2D eigenvalue weighted by molar-refractivity contribution is 6.22. The van der Waals surface area contributed by atoms with Gasteiger partial charge >= 0.3 is 6.03 Å². The molecule has 0 spiro atoms. The van der Waals surface area contributed by atoms with Crippen molar-refractivity contribution in [2.75, 3.05) is 26.3 Å². The predicted octanol–water partition coefficient (Wildman–Crippen LogP) is 0.528. The number of aromatic hydroxyl groups is 1. The van der Waals surface area contributed by atoms with Crippen molar-refractivity contribution in [3.8, 4) is 5.75 Å². The van der Waals surface area contributed by atoms with Gasteiger partial charge in [-0.3, -0.25) is 14.4 Å². The molecule has 0 bridgehead atoms. The molecule has 2 fully saturated rings. The van der Waals surface area contributed by atoms with Crippen LogP contribution in [0.25, 0.3) is 5.76 Å². The second-order valence-electron chi connectivity index (χ2n) is 10.4. The average Bonchev–Trinajstić information content (AvgIpc) is 2.90. The van der Waals surface area contributed by atoms with Crippen molar-refractivity contribution in [2.24, 2.45) is 17.6 Å². The Kier molecular flexibility index (Phi) is 6.63. The van der Waals surface area contributed by atoms with Crippen molar-refractivity contribution in [3.05, 3.63) is 45.2 Å². The zero-order valence-electron chi connectivity index (χ0n) is 21.5. The topological polar surface area (TPSA) is 200 Å². The van der Waals surface area contributed by atoms with E-state index >= 15 is 0 Å². The number of ketones is 2. The highest BCUT2D eigenvalue weighted by Crippen LogP contribution is 2.52. The first kappa shape index (κ1) is 26.7. The number of nitrogens with zero attached hydrogens (tertiary/aromatic N) is 1. The number of carbonyl (C=O) groups excluding carboxylic acids is 4. The normalized spacial score (nSPS) is 26.7. The Balaban J connectivity index is 1.57. The number of aryl methyl sites for hydroxylation is 1. The first-order valence-electron chi connectivity index (χ1n) is 12.9. The molecule has 3 aliphatic carbocycles. The summed E-state index contributed by atoms with van der Waals surface area (Å²) in [5, 5.41) is 47.4. The molecule has 39 heavy (non-hydrogen) atoms. The molecule has 3 amide bonds. The summed E-state index contributed by atoms with van der Waals surface area (Å²) in [6.07, 6.45) is 0.223. The number of aliphatic hydroxyl groups excluding tert-OH is 2. The third-order valence-electron chi connectivity index (χ3n) is 8.34. The van der Waals surface area contributed by atoms with E-state index in [-0.39, 0.29) is 48.7 Å². The molecule has 1 saturated heterocycles. The lowest BCUT2D eigenvalue weighted by molar-refractivity contribution is -0.147. The highest BCUT2D eigenvalue weighted by Gasteiger charge is 2.60. The van der Waals surface area contributed by atoms with Crippen molar-refractivity contribution in [2.45, 2.75) is 44.8 Å². The molecule has 1 aliphatic heterocycles. The molecule has 12 heteroatoms. The average molecular weight is 542 g/mol. The van der Waals surface area contributed by atoms with Gasteiger partial charge in [0.2, 0.25) is 5.78 Å². The van der Waals surface area contributed by atoms with E-state index in [4.69, 9.17) is 10.5 Å². The fourth-order valence-corrected chi connectivity index (χ4v) is 6.30. The lowest BCUT2D eigenvalue weighted by Gasteiger charge is -2.46. The molecule has 0 unspecified atom stereocenters. The van der Waals surface area contributed by atoms with Gasteiger partial charge in [-0.1, -0.05) is 13.0 Å². The smallest absolute Gasteiger partial charge is 0.317 e. The number of morpholine rings is 1. The third kappa shape index (κ3) is 4.05. The van der Waals surface area contributed by atoms with E-state index in [1.165, 1.54) is 0 Å². The van der Waals surface area contributed by atoms with Gasteiger partial charge in [-0.25, -0.2) is 4.79 Å². The quantitative estimate of drug-likeness (QED) is 0.294. The van der Waals surface area contributed by atoms with E-state index in [1.807, 2.05) is 0 Å². The van der Waals surface area contributed by atoms with Crippen LogP contribution < -0.4 is 11.1 Å². The molecule has 7 N–H and O–H groups in total. The molecule has 0 radical (unpaired) electrons. The molecule has 1 aromatic rings. The van der Waals surface area contributed by atoms with Gasteiger partial charge in [0.05, 0.1) is 18.8 Å². The zero-order valence-corrected chi connectivity index (χ0v) is 21.5. The van der Waals surface area contributed by atoms with E-state index in [9.17, 15) is 39.6 Å². The van der Waals surface area contributed by atoms with Crippen molar-refractivity contribution >= 4 is 29.3 Å². The van der Waals surface area contributed by atoms with Crippen LogP contribution in [0.1, 0.15) is 42.0 Å². The van der Waals surface area contributed by atoms with Crippen molar-refractivity contribution in [1.29, 1.82) is 0 Å². The second-order valence-corrected chi connectivity index (χ2v) is 10.4. The van der Waals surface area contributed by atoms with Crippen LogP contribution in [0, 0.1) is 11.8 Å². The number of ether oxygens (including phenoxy) is 1. The maximum Gasteiger partial charge on any atom is 0.317 e. The summed E-state index contributed by atoms with van der Waals surface area (Å²) in [5.74, 6) is -6.65. The van der Waals surface area contributed by atoms with Crippen molar-refractivity contribution < 1.29 is 44.3 Å². The predicted molar refractivity (Wildman–Crippen MR) is 135 cm³/mol. The Morgan fingerprint density at radius 1 is 1.15 bits per heavy atom. The Labute approximate surface area is 223 Å². The van der Waals surface area contributed by atoms with E-state index in [0.717, 1.165) is 0 Å². The van der Waals surface area contributed by atoms with Gasteiger partial charge in [-0.05, 0) is 41.9 Å². The van der Waals surface area contributed by atoms with Gasteiger partial charge in [0.25, 0.3) is 5.91 Å². The Hall–Kier alpha value is -3.90. The Morgan fingerprint density at radius 3 is 2.49 bits per heavy atom. The minimum Gasteiger partial charge on any atom is -0.508 e. The summed E-state index contributed by atoms with van der Waals surface area (Å²) >= 11 is 0. The summed E-state index contributed by atoms with van der Waals surface area (Å²) in [5.41, 5.74) is 3.29. The van der Waals surface area contributed by atoms with Crippen LogP contribution >= 0.6 is 0 Å². The van der Waals surface area contributed by atoms with Crippen LogP contribution in [0.3, 0.4) is 0 Å². The van der Waals surface area contributed by atoms with Gasteiger partial charge in [-0.15, -0.1) is 0 Å². The number of rotatable bonds is 4. The molecule has 1 heterocycles. The molecule has 5 rings (SSSR count). The zero-order chi connectivity index (χ0) is 28.2. The number of hydrogen-bond acceptors (Lipinski definition) is 9. The van der Waals surface area contributed by atoms with Crippen LogP contribution in [0.4, 0.5) is 4.79 Å². The lowest BCUT2D eigenvalue weighted by atomic mass is 9.59. The minimum absolute atomic E-state index is 0.0251. The van der Waals surface area contributed by atoms with E-state index in [2.05, 4.69) is 5.32 Å². The van der Waals surface area contributed by atoms with Crippen LogP contribution in [-0.2, 0) is 38.5 Å². The number of fused-ring (bicyclic) bond motifs is 3. The number of primary amides is 1. The standard InChI is InChI=1S/C27H31N3O9/c1-2-12-7-14(11-29-26(37)30-3-5-39-6-4-30)16-9-13-8-15-10-17(31)20(25(28)36)24(35)27(15,38)23(34)18(13)22(33)19(16)21(12)32/h7,13,15,32-33,35,38H,2-6,8-11H2,1H3,(H2,28,36)(H,29,37)/t13-,15+,27+/m1/s1. The van der Waals surface area contributed by atoms with E-state index in [1.54, 1.807) is 17.9 Å². The molecule has 0 aromatic heterocycles. The Bertz CT molecular complexity index is 1360. The maximum absolute atomic E-state index is 13.7. The van der Waals surface area contributed by atoms with Crippen molar-refractivity contribution in [3.63, 3.8) is 0 Å². The number of amides is 3. The molecule has 12 nitrogen and oxygen atoms in total.